The third-order valence-corrected chi connectivity index (χ3v) is 13.3. The summed E-state index contributed by atoms with van der Waals surface area (Å²) < 4.78 is 49.4. The molecule has 5 aromatic rings. The molecule has 2 aliphatic rings. The molecule has 1 aromatic heterocycles. The quantitative estimate of drug-likeness (QED) is 0.0484. The molecule has 0 radical (unpaired) electrons. The number of anilines is 1. The van der Waals surface area contributed by atoms with Gasteiger partial charge in [0.15, 0.2) is 6.23 Å². The lowest BCUT2D eigenvalue weighted by Gasteiger charge is -2.41. The summed E-state index contributed by atoms with van der Waals surface area (Å²) >= 11 is 0. The molecular weight excluding hydrogens is 822 g/mol. The monoisotopic (exact) mass is 875 g/mol. The summed E-state index contributed by atoms with van der Waals surface area (Å²) in [4.78, 5) is 31.6. The van der Waals surface area contributed by atoms with Gasteiger partial charge < -0.3 is 38.0 Å². The molecule has 1 amide bonds. The number of amides is 1. The van der Waals surface area contributed by atoms with Crippen molar-refractivity contribution in [3.05, 3.63) is 154 Å². The zero-order valence-corrected chi connectivity index (χ0v) is 37.5. The molecular formula is C48H54N5O9P. The number of benzene rings is 4. The predicted octanol–water partition coefficient (Wildman–Crippen LogP) is 8.16. The highest BCUT2D eigenvalue weighted by molar-refractivity contribution is 7.44. The van der Waals surface area contributed by atoms with E-state index in [2.05, 4.69) is 48.7 Å². The van der Waals surface area contributed by atoms with Gasteiger partial charge >= 0.3 is 5.69 Å². The number of ether oxygens (including phenoxy) is 5. The molecule has 3 heterocycles. The fourth-order valence-corrected chi connectivity index (χ4v) is 9.91. The van der Waals surface area contributed by atoms with Crippen LogP contribution < -0.4 is 20.5 Å². The number of carbonyl (C=O) groups is 1. The van der Waals surface area contributed by atoms with Crippen LogP contribution in [0.3, 0.4) is 0 Å². The summed E-state index contributed by atoms with van der Waals surface area (Å²) in [6, 6.07) is 36.3. The Kier molecular flexibility index (Phi) is 14.4. The minimum Gasteiger partial charge on any atom is -0.497 e. The number of nitrogens with zero attached hydrogens (tertiary/aromatic N) is 4. The van der Waals surface area contributed by atoms with Crippen LogP contribution in [0.4, 0.5) is 5.82 Å². The first-order valence-corrected chi connectivity index (χ1v) is 22.1. The van der Waals surface area contributed by atoms with Gasteiger partial charge in [0.25, 0.3) is 14.4 Å². The Bertz CT molecular complexity index is 2360. The second kappa shape index (κ2) is 19.9. The first-order valence-electron chi connectivity index (χ1n) is 20.9. The number of carbonyl (C=O) groups excluding carboxylic acids is 1. The number of rotatable bonds is 19. The summed E-state index contributed by atoms with van der Waals surface area (Å²) in [6.45, 7) is 10.2. The molecule has 5 atom stereocenters. The Morgan fingerprint density at radius 3 is 2.03 bits per heavy atom. The number of aryl methyl sites for hydroxylation is 1. The molecule has 2 saturated heterocycles. The van der Waals surface area contributed by atoms with E-state index in [0.29, 0.717) is 22.6 Å². The molecule has 1 N–H and O–H groups in total. The highest BCUT2D eigenvalue weighted by Crippen LogP contribution is 2.54. The maximum atomic E-state index is 14.1. The van der Waals surface area contributed by atoms with E-state index >= 15 is 0 Å². The summed E-state index contributed by atoms with van der Waals surface area (Å²) in [5.74, 6) is 1.07. The topological polar surface area (TPSA) is 156 Å². The molecule has 14 nitrogen and oxygen atoms in total. The first kappa shape index (κ1) is 45.5. The van der Waals surface area contributed by atoms with Gasteiger partial charge in [-0.15, -0.1) is 0 Å². The van der Waals surface area contributed by atoms with Crippen LogP contribution in [-0.4, -0.2) is 84.1 Å². The molecule has 7 rings (SSSR count). The van der Waals surface area contributed by atoms with E-state index in [1.165, 1.54) is 4.57 Å². The van der Waals surface area contributed by atoms with Crippen molar-refractivity contribution < 1.29 is 37.5 Å². The van der Waals surface area contributed by atoms with Gasteiger partial charge in [0.1, 0.15) is 40.7 Å². The molecule has 2 fully saturated rings. The molecule has 2 aliphatic heterocycles. The van der Waals surface area contributed by atoms with Gasteiger partial charge in [0.2, 0.25) is 0 Å². The molecule has 0 spiro atoms. The van der Waals surface area contributed by atoms with E-state index in [9.17, 15) is 14.9 Å². The van der Waals surface area contributed by atoms with Gasteiger partial charge in [-0.3, -0.25) is 9.36 Å². The number of hydrogen-bond donors (Lipinski definition) is 1. The summed E-state index contributed by atoms with van der Waals surface area (Å²) in [5, 5.41) is 12.2. The van der Waals surface area contributed by atoms with Crippen molar-refractivity contribution in [1.82, 2.24) is 14.2 Å². The standard InChI is InChI=1S/C48H54N5O9P/c1-32(2)53(33(3)4)63(59-28-14-27-49)60-31-47-30-58-41(45(62-47)52-29-34(5)43(51-46(52)55)50-44(54)35-15-10-8-11-16-35)42(47)61-48(36-17-12-9-13-18-36,37-19-23-39(56-6)24-20-37)38-21-25-40(57-7)26-22-38/h8-13,15-26,29,32-33,41-42,45H,14,28,30-31H2,1-7H3,(H,50,51,54,55)/t41-,42+,45-,47-,63?/m1/s1. The normalized spacial score (nSPS) is 19.9. The molecule has 15 heteroatoms. The van der Waals surface area contributed by atoms with Crippen molar-refractivity contribution >= 4 is 20.3 Å². The van der Waals surface area contributed by atoms with E-state index in [0.717, 1.165) is 16.7 Å². The second-order valence-electron chi connectivity index (χ2n) is 16.0. The van der Waals surface area contributed by atoms with Crippen LogP contribution in [0.15, 0.2) is 120 Å². The maximum absolute atomic E-state index is 14.1. The van der Waals surface area contributed by atoms with Crippen LogP contribution in [0.2, 0.25) is 0 Å². The second-order valence-corrected chi connectivity index (χ2v) is 17.4. The highest BCUT2D eigenvalue weighted by atomic mass is 31.2. The Morgan fingerprint density at radius 1 is 0.905 bits per heavy atom. The number of nitrogens with one attached hydrogen (secondary N) is 1. The summed E-state index contributed by atoms with van der Waals surface area (Å²) in [6.07, 6.45) is -0.951. The number of aromatic nitrogens is 2. The Balaban J connectivity index is 1.35. The van der Waals surface area contributed by atoms with Crippen LogP contribution in [0, 0.1) is 18.3 Å². The molecule has 1 unspecified atom stereocenters. The van der Waals surface area contributed by atoms with Crippen molar-refractivity contribution in [2.75, 3.05) is 39.4 Å². The van der Waals surface area contributed by atoms with Crippen LogP contribution in [0.1, 0.15) is 73.0 Å². The SMILES string of the molecule is COc1ccc(C(O[C@H]2[C@H]3OC[C@]2(COP(OCCC#N)N(C(C)C)C(C)C)O[C@H]3n2cc(C)c(NC(=O)c3ccccc3)nc2=O)(c2ccccc2)c2ccc(OC)cc2)cc1. The number of nitriles is 1. The maximum Gasteiger partial charge on any atom is 0.351 e. The average Bonchev–Trinajstić information content (AvgIpc) is 3.79. The summed E-state index contributed by atoms with van der Waals surface area (Å²) in [7, 11) is 1.53. The minimum absolute atomic E-state index is 0.0389. The lowest BCUT2D eigenvalue weighted by Crippen LogP contribution is -2.50. The first-order chi connectivity index (χ1) is 30.4. The summed E-state index contributed by atoms with van der Waals surface area (Å²) in [5.41, 5.74) is 0.103. The third kappa shape index (κ3) is 9.42. The van der Waals surface area contributed by atoms with Crippen molar-refractivity contribution in [1.29, 1.82) is 5.26 Å². The van der Waals surface area contributed by atoms with Gasteiger partial charge in [-0.2, -0.15) is 10.2 Å². The van der Waals surface area contributed by atoms with Crippen LogP contribution in [0.25, 0.3) is 0 Å². The van der Waals surface area contributed by atoms with Crippen molar-refractivity contribution in [3.8, 4) is 17.6 Å². The predicted molar refractivity (Wildman–Crippen MR) is 239 cm³/mol. The van der Waals surface area contributed by atoms with E-state index in [4.69, 9.17) is 32.7 Å². The fraction of sp³-hybridized carbons (Fsp3) is 0.375. The average molecular weight is 876 g/mol. The van der Waals surface area contributed by atoms with Crippen molar-refractivity contribution in [3.63, 3.8) is 0 Å². The van der Waals surface area contributed by atoms with Crippen molar-refractivity contribution in [2.24, 2.45) is 0 Å². The van der Waals surface area contributed by atoms with Crippen LogP contribution >= 0.6 is 8.53 Å². The molecule has 0 aliphatic carbocycles. The zero-order chi connectivity index (χ0) is 44.7. The largest absolute Gasteiger partial charge is 0.497 e. The molecule has 0 saturated carbocycles. The Morgan fingerprint density at radius 2 is 1.48 bits per heavy atom. The fourth-order valence-electron chi connectivity index (χ4n) is 8.24. The number of hydrogen-bond acceptors (Lipinski definition) is 12. The van der Waals surface area contributed by atoms with Gasteiger partial charge in [-0.05, 0) is 87.7 Å². The third-order valence-electron chi connectivity index (χ3n) is 11.2. The van der Waals surface area contributed by atoms with E-state index < -0.39 is 49.8 Å². The van der Waals surface area contributed by atoms with Crippen LogP contribution in [-0.2, 0) is 28.9 Å². The van der Waals surface area contributed by atoms with E-state index in [1.54, 1.807) is 51.6 Å². The zero-order valence-electron chi connectivity index (χ0n) is 36.6. The molecule has 330 valence electrons. The van der Waals surface area contributed by atoms with Gasteiger partial charge in [0, 0.05) is 29.4 Å². The lowest BCUT2D eigenvalue weighted by molar-refractivity contribution is -0.189. The molecule has 4 aromatic carbocycles. The molecule has 63 heavy (non-hydrogen) atoms. The van der Waals surface area contributed by atoms with Gasteiger partial charge in [-0.25, -0.2) is 9.46 Å². The van der Waals surface area contributed by atoms with E-state index in [1.807, 2.05) is 84.9 Å². The number of fused-ring (bicyclic) bond motifs is 2. The highest BCUT2D eigenvalue weighted by Gasteiger charge is 2.66. The van der Waals surface area contributed by atoms with Gasteiger partial charge in [0.05, 0.1) is 46.5 Å². The Labute approximate surface area is 369 Å². The minimum atomic E-state index is -1.71. The number of methoxy groups -OCH3 is 2. The van der Waals surface area contributed by atoms with Crippen molar-refractivity contribution in [2.45, 2.75) is 82.8 Å². The van der Waals surface area contributed by atoms with Crippen LogP contribution in [0.5, 0.6) is 11.5 Å². The molecule has 2 bridgehead atoms. The van der Waals surface area contributed by atoms with Gasteiger partial charge in [-0.1, -0.05) is 72.8 Å². The lowest BCUT2D eigenvalue weighted by atomic mass is 9.79. The smallest absolute Gasteiger partial charge is 0.351 e. The Hall–Kier alpha value is -5.49. The van der Waals surface area contributed by atoms with E-state index in [-0.39, 0.29) is 44.1 Å².